The summed E-state index contributed by atoms with van der Waals surface area (Å²) in [4.78, 5) is 0. The molecule has 1 atom stereocenters. The first kappa shape index (κ1) is 19.3. The van der Waals surface area contributed by atoms with Gasteiger partial charge in [-0.25, -0.2) is 0 Å². The van der Waals surface area contributed by atoms with Crippen LogP contribution in [0.3, 0.4) is 0 Å². The Balaban J connectivity index is 2.12. The maximum atomic E-state index is 12.5. The Morgan fingerprint density at radius 3 is 1.21 bits per heavy atom. The van der Waals surface area contributed by atoms with Crippen LogP contribution in [0, 0.1) is 0 Å². The number of hydrogen-bond donors (Lipinski definition) is 2. The molecule has 0 bridgehead atoms. The zero-order chi connectivity index (χ0) is 20.3. The summed E-state index contributed by atoms with van der Waals surface area (Å²) >= 11 is 0. The second-order valence-corrected chi connectivity index (χ2v) is 8.41. The molecule has 0 aliphatic carbocycles. The van der Waals surface area contributed by atoms with Crippen molar-refractivity contribution in [3.8, 4) is 0 Å². The van der Waals surface area contributed by atoms with Gasteiger partial charge >= 0.3 is 0 Å². The highest BCUT2D eigenvalue weighted by atomic mass is 28.1. The average Bonchev–Trinajstić information content (AvgIpc) is 2.80. The Morgan fingerprint density at radius 2 is 0.793 bits per heavy atom. The lowest BCUT2D eigenvalue weighted by Gasteiger charge is -2.46. The Morgan fingerprint density at radius 1 is 0.448 bits per heavy atom. The molecule has 0 spiro atoms. The molecule has 144 valence electrons. The van der Waals surface area contributed by atoms with Gasteiger partial charge in [0.05, 0.1) is 0 Å². The van der Waals surface area contributed by atoms with E-state index in [1.165, 1.54) is 0 Å². The van der Waals surface area contributed by atoms with Gasteiger partial charge in [-0.2, -0.15) is 0 Å². The smallest absolute Gasteiger partial charge is 0.152 e. The van der Waals surface area contributed by atoms with Crippen molar-refractivity contribution in [1.82, 2.24) is 0 Å². The van der Waals surface area contributed by atoms with Gasteiger partial charge in [0.1, 0.15) is 0 Å². The lowest BCUT2D eigenvalue weighted by Crippen LogP contribution is -2.53. The quantitative estimate of drug-likeness (QED) is 0.509. The van der Waals surface area contributed by atoms with E-state index in [-0.39, 0.29) is 0 Å². The van der Waals surface area contributed by atoms with Crippen molar-refractivity contribution in [2.45, 2.75) is 11.2 Å². The van der Waals surface area contributed by atoms with Crippen LogP contribution in [0.4, 0.5) is 0 Å². The van der Waals surface area contributed by atoms with Gasteiger partial charge in [-0.15, -0.1) is 0 Å². The fourth-order valence-corrected chi connectivity index (χ4v) is 4.88. The third kappa shape index (κ3) is 3.14. The molecule has 0 aliphatic heterocycles. The number of rotatable bonds is 5. The van der Waals surface area contributed by atoms with Crippen LogP contribution in [-0.4, -0.2) is 20.5 Å². The van der Waals surface area contributed by atoms with E-state index in [1.807, 2.05) is 115 Å². The first-order valence-corrected chi connectivity index (χ1v) is 10.8. The molecule has 0 saturated carbocycles. The van der Waals surface area contributed by atoms with E-state index in [0.29, 0.717) is 16.7 Å². The van der Waals surface area contributed by atoms with Crippen LogP contribution in [0.25, 0.3) is 0 Å². The van der Waals surface area contributed by atoms with Crippen molar-refractivity contribution >= 4 is 15.4 Å². The maximum Gasteiger partial charge on any atom is 0.152 e. The number of aliphatic hydroxyl groups is 2. The molecule has 0 amide bonds. The molecule has 1 unspecified atom stereocenters. The van der Waals surface area contributed by atoms with Gasteiger partial charge in [-0.1, -0.05) is 120 Å². The van der Waals surface area contributed by atoms with Crippen molar-refractivity contribution in [3.63, 3.8) is 0 Å². The van der Waals surface area contributed by atoms with E-state index in [1.54, 1.807) is 0 Å². The molecule has 0 fully saturated rings. The number of hydrogen-bond acceptors (Lipinski definition) is 2. The highest BCUT2D eigenvalue weighted by Crippen LogP contribution is 2.48. The lowest BCUT2D eigenvalue weighted by atomic mass is 9.66. The average molecular weight is 397 g/mol. The minimum absolute atomic E-state index is 0.641. The van der Waals surface area contributed by atoms with Crippen molar-refractivity contribution in [3.05, 3.63) is 138 Å². The Kier molecular flexibility index (Phi) is 5.20. The molecule has 4 aromatic carbocycles. The third-order valence-corrected chi connectivity index (χ3v) is 6.51. The summed E-state index contributed by atoms with van der Waals surface area (Å²) in [6.07, 6.45) is 0. The zero-order valence-electron chi connectivity index (χ0n) is 16.4. The second-order valence-electron chi connectivity index (χ2n) is 7.33. The van der Waals surface area contributed by atoms with Gasteiger partial charge in [0.25, 0.3) is 0 Å². The Hall–Kier alpha value is -2.98. The van der Waals surface area contributed by atoms with Crippen LogP contribution in [0.5, 0.6) is 0 Å². The van der Waals surface area contributed by atoms with E-state index in [9.17, 15) is 10.2 Å². The van der Waals surface area contributed by atoms with E-state index in [0.717, 1.165) is 21.0 Å². The normalized spacial score (nSPS) is 13.7. The highest BCUT2D eigenvalue weighted by molar-refractivity contribution is 6.33. The molecule has 0 saturated heterocycles. The van der Waals surface area contributed by atoms with E-state index < -0.39 is 11.2 Å². The SMILES string of the molecule is OC(c1ccccc1)(c1ccccc1)C(O)(c1ccccc1)c1ccccc1[SiH3]. The van der Waals surface area contributed by atoms with Gasteiger partial charge in [-0.05, 0) is 22.3 Å². The molecule has 3 heteroatoms. The summed E-state index contributed by atoms with van der Waals surface area (Å²) in [5, 5.41) is 26.0. The largest absolute Gasteiger partial charge is 0.377 e. The monoisotopic (exact) mass is 396 g/mol. The van der Waals surface area contributed by atoms with Crippen LogP contribution in [0.2, 0.25) is 0 Å². The minimum atomic E-state index is -1.68. The Bertz CT molecular complexity index is 1040. The van der Waals surface area contributed by atoms with Crippen LogP contribution in [0.15, 0.2) is 115 Å². The van der Waals surface area contributed by atoms with Crippen LogP contribution in [0.1, 0.15) is 22.3 Å². The molecular formula is C26H24O2Si. The molecule has 0 radical (unpaired) electrons. The van der Waals surface area contributed by atoms with Crippen LogP contribution < -0.4 is 5.19 Å². The van der Waals surface area contributed by atoms with E-state index >= 15 is 0 Å². The predicted molar refractivity (Wildman–Crippen MR) is 121 cm³/mol. The topological polar surface area (TPSA) is 40.5 Å². The molecule has 4 aromatic rings. The molecule has 2 nitrogen and oxygen atoms in total. The molecule has 0 heterocycles. The van der Waals surface area contributed by atoms with Crippen molar-refractivity contribution in [2.75, 3.05) is 0 Å². The van der Waals surface area contributed by atoms with Crippen molar-refractivity contribution in [2.24, 2.45) is 0 Å². The first-order chi connectivity index (χ1) is 14.1. The van der Waals surface area contributed by atoms with Gasteiger partial charge < -0.3 is 10.2 Å². The summed E-state index contributed by atoms with van der Waals surface area (Å²) < 4.78 is 0. The second kappa shape index (κ2) is 7.80. The molecule has 4 rings (SSSR count). The van der Waals surface area contributed by atoms with Gasteiger partial charge in [0, 0.05) is 10.2 Å². The van der Waals surface area contributed by atoms with Gasteiger partial charge in [-0.3, -0.25) is 0 Å². The molecule has 2 N–H and O–H groups in total. The summed E-state index contributed by atoms with van der Waals surface area (Å²) in [5.74, 6) is 0. The fourth-order valence-electron chi connectivity index (χ4n) is 4.16. The Labute approximate surface area is 174 Å². The van der Waals surface area contributed by atoms with Crippen LogP contribution in [-0.2, 0) is 11.2 Å². The maximum absolute atomic E-state index is 12.5. The highest BCUT2D eigenvalue weighted by Gasteiger charge is 2.54. The van der Waals surface area contributed by atoms with Gasteiger partial charge in [0.2, 0.25) is 0 Å². The molecule has 0 aliphatic rings. The van der Waals surface area contributed by atoms with E-state index in [2.05, 4.69) is 0 Å². The fraction of sp³-hybridized carbons (Fsp3) is 0.0769. The summed E-state index contributed by atoms with van der Waals surface area (Å²) in [6, 6.07) is 36.2. The number of benzene rings is 4. The van der Waals surface area contributed by atoms with Gasteiger partial charge in [0.15, 0.2) is 11.2 Å². The minimum Gasteiger partial charge on any atom is -0.377 e. The standard InChI is InChI=1S/C26H24O2Si/c27-25(20-12-4-1-5-13-20,21-14-6-2-7-15-21)26(28,22-16-8-3-9-17-22)23-18-10-11-19-24(23)29/h1-19,27-28H,29H3. The van der Waals surface area contributed by atoms with Crippen molar-refractivity contribution in [1.29, 1.82) is 0 Å². The van der Waals surface area contributed by atoms with Crippen LogP contribution >= 0.6 is 0 Å². The molecular weight excluding hydrogens is 372 g/mol. The summed E-state index contributed by atoms with van der Waals surface area (Å²) in [6.45, 7) is 0. The zero-order valence-corrected chi connectivity index (χ0v) is 18.4. The predicted octanol–water partition coefficient (Wildman–Crippen LogP) is 2.85. The lowest BCUT2D eigenvalue weighted by molar-refractivity contribution is -0.112. The first-order valence-electron chi connectivity index (χ1n) is 9.76. The molecule has 29 heavy (non-hydrogen) atoms. The van der Waals surface area contributed by atoms with Crippen molar-refractivity contribution < 1.29 is 10.2 Å². The summed E-state index contributed by atoms with van der Waals surface area (Å²) in [5.41, 5.74) is -0.691. The third-order valence-electron chi connectivity index (χ3n) is 5.63. The molecule has 0 aromatic heterocycles. The van der Waals surface area contributed by atoms with E-state index in [4.69, 9.17) is 0 Å². The summed E-state index contributed by atoms with van der Waals surface area (Å²) in [7, 11) is 0.745.